The van der Waals surface area contributed by atoms with Crippen LogP contribution >= 0.6 is 0 Å². The number of nitrogens with one attached hydrogen (secondary N) is 1. The summed E-state index contributed by atoms with van der Waals surface area (Å²) in [5.74, 6) is -2.96. The zero-order chi connectivity index (χ0) is 13.0. The molecule has 1 fully saturated rings. The fourth-order valence-corrected chi connectivity index (χ4v) is 1.99. The smallest absolute Gasteiger partial charge is 0.315 e. The molecule has 1 saturated heterocycles. The van der Waals surface area contributed by atoms with Crippen LogP contribution in [0.2, 0.25) is 0 Å². The molecule has 1 rings (SSSR count). The van der Waals surface area contributed by atoms with Crippen molar-refractivity contribution in [1.82, 2.24) is 10.2 Å². The van der Waals surface area contributed by atoms with Gasteiger partial charge in [-0.15, -0.1) is 0 Å². The number of likely N-dealkylation sites (N-methyl/N-ethyl adjacent to an activating group) is 1. The van der Waals surface area contributed by atoms with Gasteiger partial charge in [0.15, 0.2) is 0 Å². The summed E-state index contributed by atoms with van der Waals surface area (Å²) in [4.78, 5) is 35.7. The number of carbonyl (C=O) groups excluding carboxylic acids is 2. The van der Waals surface area contributed by atoms with Crippen molar-refractivity contribution in [2.75, 3.05) is 13.6 Å². The summed E-state index contributed by atoms with van der Waals surface area (Å²) >= 11 is 0. The monoisotopic (exact) mass is 242 g/mol. The maximum atomic E-state index is 11.9. The largest absolute Gasteiger partial charge is 0.481 e. The Morgan fingerprint density at radius 1 is 1.35 bits per heavy atom. The highest BCUT2D eigenvalue weighted by Crippen LogP contribution is 2.19. The summed E-state index contributed by atoms with van der Waals surface area (Å²) in [5.41, 5.74) is 0. The molecule has 0 radical (unpaired) electrons. The predicted molar refractivity (Wildman–Crippen MR) is 60.2 cm³/mol. The van der Waals surface area contributed by atoms with Gasteiger partial charge in [-0.25, -0.2) is 0 Å². The van der Waals surface area contributed by atoms with Crippen molar-refractivity contribution in [3.8, 4) is 0 Å². The van der Waals surface area contributed by atoms with E-state index in [4.69, 9.17) is 5.11 Å². The van der Waals surface area contributed by atoms with E-state index in [9.17, 15) is 14.4 Å². The normalized spacial score (nSPS) is 21.8. The molecule has 0 bridgehead atoms. The average Bonchev–Trinajstić information content (AvgIpc) is 2.35. The van der Waals surface area contributed by atoms with E-state index in [0.717, 1.165) is 12.8 Å². The molecule has 2 N–H and O–H groups in total. The van der Waals surface area contributed by atoms with Gasteiger partial charge in [0.25, 0.3) is 0 Å². The molecule has 0 aliphatic carbocycles. The molecule has 1 aliphatic heterocycles. The van der Waals surface area contributed by atoms with Crippen molar-refractivity contribution in [3.05, 3.63) is 0 Å². The van der Waals surface area contributed by atoms with E-state index in [1.165, 1.54) is 18.9 Å². The molecule has 17 heavy (non-hydrogen) atoms. The third-order valence-electron chi connectivity index (χ3n) is 3.08. The topological polar surface area (TPSA) is 86.7 Å². The van der Waals surface area contributed by atoms with Crippen LogP contribution in [0.1, 0.15) is 26.2 Å². The highest BCUT2D eigenvalue weighted by molar-refractivity contribution is 5.98. The van der Waals surface area contributed by atoms with Crippen molar-refractivity contribution in [2.45, 2.75) is 32.2 Å². The Labute approximate surface area is 100.0 Å². The quantitative estimate of drug-likeness (QED) is 0.673. The molecule has 6 heteroatoms. The molecule has 2 unspecified atom stereocenters. The van der Waals surface area contributed by atoms with Crippen LogP contribution in [-0.4, -0.2) is 47.4 Å². The average molecular weight is 242 g/mol. The summed E-state index contributed by atoms with van der Waals surface area (Å²) in [5, 5.41) is 11.3. The lowest BCUT2D eigenvalue weighted by atomic mass is 9.99. The number of carboxylic acid groups (broad SMARTS) is 1. The minimum atomic E-state index is -1.16. The van der Waals surface area contributed by atoms with Gasteiger partial charge >= 0.3 is 5.97 Å². The van der Waals surface area contributed by atoms with Gasteiger partial charge in [0.1, 0.15) is 12.0 Å². The number of rotatable bonds is 3. The minimum Gasteiger partial charge on any atom is -0.481 e. The summed E-state index contributed by atoms with van der Waals surface area (Å²) in [6, 6.07) is -0.525. The van der Waals surface area contributed by atoms with Crippen LogP contribution in [0.4, 0.5) is 0 Å². The lowest BCUT2D eigenvalue weighted by molar-refractivity contribution is -0.154. The Morgan fingerprint density at radius 2 is 2.00 bits per heavy atom. The van der Waals surface area contributed by atoms with Crippen molar-refractivity contribution < 1.29 is 19.5 Å². The molecule has 0 aromatic carbocycles. The first-order valence-corrected chi connectivity index (χ1v) is 5.74. The molecule has 0 saturated carbocycles. The molecule has 0 spiro atoms. The first kappa shape index (κ1) is 13.5. The lowest BCUT2D eigenvalue weighted by Gasteiger charge is -2.35. The number of nitrogens with zero attached hydrogens (tertiary/aromatic N) is 1. The molecule has 6 nitrogen and oxygen atoms in total. The predicted octanol–water partition coefficient (Wildman–Crippen LogP) is -0.166. The Morgan fingerprint density at radius 3 is 2.53 bits per heavy atom. The van der Waals surface area contributed by atoms with Gasteiger partial charge in [0.05, 0.1) is 0 Å². The summed E-state index contributed by atoms with van der Waals surface area (Å²) in [7, 11) is 1.51. The Kier molecular flexibility index (Phi) is 4.48. The lowest BCUT2D eigenvalue weighted by Crippen LogP contribution is -2.53. The van der Waals surface area contributed by atoms with E-state index in [0.29, 0.717) is 13.0 Å². The first-order chi connectivity index (χ1) is 7.99. The Hall–Kier alpha value is -1.59. The first-order valence-electron chi connectivity index (χ1n) is 5.74. The highest BCUT2D eigenvalue weighted by Gasteiger charge is 2.35. The van der Waals surface area contributed by atoms with E-state index in [2.05, 4.69) is 5.32 Å². The molecular formula is C11H18N2O4. The second-order valence-corrected chi connectivity index (χ2v) is 4.22. The van der Waals surface area contributed by atoms with Crippen molar-refractivity contribution in [2.24, 2.45) is 5.92 Å². The zero-order valence-corrected chi connectivity index (χ0v) is 10.1. The molecular weight excluding hydrogens is 224 g/mol. The summed E-state index contributed by atoms with van der Waals surface area (Å²) in [6.45, 7) is 1.80. The number of carboxylic acids is 1. The van der Waals surface area contributed by atoms with E-state index < -0.39 is 23.8 Å². The van der Waals surface area contributed by atoms with Gasteiger partial charge in [-0.2, -0.15) is 0 Å². The number of hydrogen-bond donors (Lipinski definition) is 2. The zero-order valence-electron chi connectivity index (χ0n) is 10.1. The molecule has 1 heterocycles. The second kappa shape index (κ2) is 5.65. The number of carbonyl (C=O) groups is 3. The number of likely N-dealkylation sites (tertiary alicyclic amines) is 1. The van der Waals surface area contributed by atoms with Crippen molar-refractivity contribution in [3.63, 3.8) is 0 Å². The fourth-order valence-electron chi connectivity index (χ4n) is 1.99. The fraction of sp³-hybridized carbons (Fsp3) is 0.727. The molecule has 0 aromatic heterocycles. The van der Waals surface area contributed by atoms with Crippen LogP contribution in [0.3, 0.4) is 0 Å². The maximum absolute atomic E-state index is 11.9. The van der Waals surface area contributed by atoms with Crippen LogP contribution in [-0.2, 0) is 14.4 Å². The molecule has 1 aliphatic rings. The third-order valence-corrected chi connectivity index (χ3v) is 3.08. The molecule has 2 atom stereocenters. The van der Waals surface area contributed by atoms with Gasteiger partial charge in [-0.1, -0.05) is 0 Å². The minimum absolute atomic E-state index is 0.226. The van der Waals surface area contributed by atoms with Gasteiger partial charge < -0.3 is 15.3 Å². The number of aliphatic carboxylic acids is 1. The van der Waals surface area contributed by atoms with Crippen molar-refractivity contribution in [1.29, 1.82) is 0 Å². The number of amides is 2. The summed E-state index contributed by atoms with van der Waals surface area (Å²) < 4.78 is 0. The van der Waals surface area contributed by atoms with E-state index in [-0.39, 0.29) is 5.91 Å². The summed E-state index contributed by atoms with van der Waals surface area (Å²) in [6.07, 6.45) is 2.28. The Bertz CT molecular complexity index is 329. The van der Waals surface area contributed by atoms with E-state index in [1.54, 1.807) is 0 Å². The number of hydrogen-bond acceptors (Lipinski definition) is 3. The van der Waals surface area contributed by atoms with E-state index >= 15 is 0 Å². The Balaban J connectivity index is 2.81. The maximum Gasteiger partial charge on any atom is 0.315 e. The van der Waals surface area contributed by atoms with Gasteiger partial charge in [-0.05, 0) is 26.2 Å². The van der Waals surface area contributed by atoms with Crippen LogP contribution in [0, 0.1) is 5.92 Å². The van der Waals surface area contributed by atoms with Crippen molar-refractivity contribution >= 4 is 17.8 Å². The molecule has 0 aromatic rings. The standard InChI is InChI=1S/C11H18N2O4/c1-7(11(16)17)10(15)13-6-4-3-5-8(13)9(14)12-2/h7-8H,3-6H2,1-2H3,(H,12,14)(H,16,17). The molecule has 96 valence electrons. The van der Waals surface area contributed by atoms with Crippen LogP contribution < -0.4 is 5.32 Å². The van der Waals surface area contributed by atoms with Crippen LogP contribution in [0.15, 0.2) is 0 Å². The van der Waals surface area contributed by atoms with Crippen LogP contribution in [0.25, 0.3) is 0 Å². The number of piperidine rings is 1. The van der Waals surface area contributed by atoms with Gasteiger partial charge in [0, 0.05) is 13.6 Å². The van der Waals surface area contributed by atoms with Gasteiger partial charge in [0.2, 0.25) is 11.8 Å². The second-order valence-electron chi connectivity index (χ2n) is 4.22. The third kappa shape index (κ3) is 2.95. The SMILES string of the molecule is CNC(=O)C1CCCCN1C(=O)C(C)C(=O)O. The van der Waals surface area contributed by atoms with Gasteiger partial charge in [-0.3, -0.25) is 14.4 Å². The van der Waals surface area contributed by atoms with Crippen LogP contribution in [0.5, 0.6) is 0 Å². The molecule has 2 amide bonds. The highest BCUT2D eigenvalue weighted by atomic mass is 16.4. The van der Waals surface area contributed by atoms with E-state index in [1.807, 2.05) is 0 Å².